The van der Waals surface area contributed by atoms with E-state index in [1.165, 1.54) is 18.2 Å². The van der Waals surface area contributed by atoms with Crippen LogP contribution in [0.2, 0.25) is 0 Å². The molecule has 0 saturated carbocycles. The molecule has 0 spiro atoms. The zero-order valence-electron chi connectivity index (χ0n) is 25.0. The average Bonchev–Trinajstić information content (AvgIpc) is 3.53. The Morgan fingerprint density at radius 1 is 0.936 bits per heavy atom. The van der Waals surface area contributed by atoms with E-state index >= 15 is 0 Å². The first kappa shape index (κ1) is 33.9. The monoisotopic (exact) mass is 676 g/mol. The van der Waals surface area contributed by atoms with Crippen LogP contribution >= 0.6 is 12.4 Å². The fourth-order valence-electron chi connectivity index (χ4n) is 5.73. The van der Waals surface area contributed by atoms with Crippen LogP contribution in [0.25, 0.3) is 0 Å². The highest BCUT2D eigenvalue weighted by Gasteiger charge is 2.43. The van der Waals surface area contributed by atoms with Gasteiger partial charge in [-0.25, -0.2) is 0 Å². The van der Waals surface area contributed by atoms with E-state index in [1.807, 2.05) is 9.80 Å². The number of anilines is 5. The molecule has 0 radical (unpaired) electrons. The first-order valence-electron chi connectivity index (χ1n) is 14.7. The molecule has 0 aliphatic carbocycles. The van der Waals surface area contributed by atoms with Gasteiger partial charge in [-0.3, -0.25) is 9.59 Å². The maximum Gasteiger partial charge on any atom is 0.586 e. The molecular formula is C29H35ClF2N10O5. The minimum atomic E-state index is -3.78. The van der Waals surface area contributed by atoms with Gasteiger partial charge in [0.25, 0.3) is 0 Å². The first-order valence-corrected chi connectivity index (χ1v) is 14.7. The number of nitrogens with zero attached hydrogens (tertiary/aromatic N) is 5. The summed E-state index contributed by atoms with van der Waals surface area (Å²) in [4.78, 5) is 43.0. The van der Waals surface area contributed by atoms with Crippen LogP contribution < -0.4 is 47.1 Å². The summed E-state index contributed by atoms with van der Waals surface area (Å²) < 4.78 is 35.3. The van der Waals surface area contributed by atoms with Crippen LogP contribution in [0.5, 0.6) is 11.5 Å². The second kappa shape index (κ2) is 13.7. The largest absolute Gasteiger partial charge is 0.586 e. The number of rotatable bonds is 9. The molecule has 2 saturated heterocycles. The number of fused-ring (bicyclic) bond motifs is 1. The van der Waals surface area contributed by atoms with Crippen molar-refractivity contribution in [2.24, 2.45) is 17.2 Å². The van der Waals surface area contributed by atoms with E-state index in [9.17, 15) is 23.5 Å². The van der Waals surface area contributed by atoms with Crippen LogP contribution in [0.3, 0.4) is 0 Å². The van der Waals surface area contributed by atoms with Crippen molar-refractivity contribution in [3.63, 3.8) is 0 Å². The SMILES string of the molecule is Cl.NC[C@@H]1C[C@H](O)CN1c1nc(Nc2ccc(C(=O)CC(=O)Nc3ccc4c(c3)OC(F)(F)O4)cc2)nc(N2C[C@H](N)C[C@H](N)C2)n1. The van der Waals surface area contributed by atoms with Crippen LogP contribution in [-0.4, -0.2) is 88.5 Å². The lowest BCUT2D eigenvalue weighted by Crippen LogP contribution is -2.53. The maximum atomic E-state index is 13.3. The van der Waals surface area contributed by atoms with Crippen molar-refractivity contribution in [3.8, 4) is 11.5 Å². The van der Waals surface area contributed by atoms with Crippen molar-refractivity contribution in [2.45, 2.75) is 49.8 Å². The van der Waals surface area contributed by atoms with Crippen LogP contribution in [0.1, 0.15) is 29.6 Å². The third-order valence-electron chi connectivity index (χ3n) is 7.80. The quantitative estimate of drug-likeness (QED) is 0.139. The highest BCUT2D eigenvalue weighted by molar-refractivity contribution is 6.11. The Balaban J connectivity index is 0.00000433. The van der Waals surface area contributed by atoms with Gasteiger partial charge in [-0.2, -0.15) is 15.0 Å². The number of nitrogens with one attached hydrogen (secondary N) is 2. The molecular weight excluding hydrogens is 642 g/mol. The predicted octanol–water partition coefficient (Wildman–Crippen LogP) is 1.33. The Bertz CT molecular complexity index is 1610. The van der Waals surface area contributed by atoms with Gasteiger partial charge in [0.15, 0.2) is 17.3 Å². The number of alkyl halides is 2. The van der Waals surface area contributed by atoms with Gasteiger partial charge < -0.3 is 52.2 Å². The van der Waals surface area contributed by atoms with Crippen LogP contribution in [-0.2, 0) is 4.79 Å². The van der Waals surface area contributed by atoms with E-state index < -0.39 is 30.5 Å². The van der Waals surface area contributed by atoms with E-state index in [0.29, 0.717) is 56.6 Å². The minimum absolute atomic E-state index is 0. The summed E-state index contributed by atoms with van der Waals surface area (Å²) >= 11 is 0. The number of Topliss-reactive ketones (excluding diaryl/α,β-unsaturated/α-hetero) is 1. The second-order valence-corrected chi connectivity index (χ2v) is 11.5. The number of piperidine rings is 1. The summed E-state index contributed by atoms with van der Waals surface area (Å²) in [5.74, 6) is -0.528. The standard InChI is InChI=1S/C29H34F2N10O5.ClH/c30-29(31)45-23-6-5-19(8-24(23)46-29)35-25(44)10-22(43)15-1-3-18(4-2-15)36-26-37-27(40-12-16(33)7-17(34)13-40)39-28(38-26)41-14-21(42)9-20(41)11-32;/h1-6,8,16-17,20-21,42H,7,9-14,32-34H2,(H,35,44)(H,36,37,38,39);1H/t16-,17+,20-,21-;/m0./s1. The van der Waals surface area contributed by atoms with Gasteiger partial charge in [0.05, 0.1) is 12.5 Å². The number of hydrogen-bond acceptors (Lipinski definition) is 14. The number of amides is 1. The summed E-state index contributed by atoms with van der Waals surface area (Å²) in [6.07, 6.45) is -3.67. The summed E-state index contributed by atoms with van der Waals surface area (Å²) in [6, 6.07) is 9.71. The number of aromatic nitrogens is 3. The number of ether oxygens (including phenoxy) is 2. The van der Waals surface area contributed by atoms with Crippen LogP contribution in [0, 0.1) is 0 Å². The van der Waals surface area contributed by atoms with Gasteiger partial charge in [0, 0.05) is 67.3 Å². The summed E-state index contributed by atoms with van der Waals surface area (Å²) in [7, 11) is 0. The molecule has 1 aromatic heterocycles. The lowest BCUT2D eigenvalue weighted by Gasteiger charge is -2.35. The third kappa shape index (κ3) is 7.94. The first-order chi connectivity index (χ1) is 21.9. The van der Waals surface area contributed by atoms with E-state index in [1.54, 1.807) is 24.3 Å². The van der Waals surface area contributed by atoms with E-state index in [-0.39, 0.29) is 59.2 Å². The van der Waals surface area contributed by atoms with Gasteiger partial charge >= 0.3 is 6.29 Å². The highest BCUT2D eigenvalue weighted by atomic mass is 35.5. The number of halogens is 3. The number of hydrogen-bond donors (Lipinski definition) is 6. The van der Waals surface area contributed by atoms with Crippen LogP contribution in [0.15, 0.2) is 42.5 Å². The molecule has 2 fully saturated rings. The number of ketones is 1. The molecule has 9 N–H and O–H groups in total. The van der Waals surface area contributed by atoms with Crippen molar-refractivity contribution in [1.82, 2.24) is 15.0 Å². The normalized spacial score (nSPS) is 22.9. The Hall–Kier alpha value is -4.42. The van der Waals surface area contributed by atoms with Gasteiger partial charge in [0.2, 0.25) is 23.8 Å². The highest BCUT2D eigenvalue weighted by Crippen LogP contribution is 2.42. The molecule has 4 heterocycles. The molecule has 47 heavy (non-hydrogen) atoms. The van der Waals surface area contributed by atoms with Gasteiger partial charge in [-0.05, 0) is 49.2 Å². The Labute approximate surface area is 274 Å². The molecule has 18 heteroatoms. The molecule has 1 amide bonds. The van der Waals surface area contributed by atoms with E-state index in [2.05, 4.69) is 35.1 Å². The Morgan fingerprint density at radius 3 is 2.30 bits per heavy atom. The number of aliphatic hydroxyl groups is 1. The molecule has 0 bridgehead atoms. The smallest absolute Gasteiger partial charge is 0.395 e. The molecule has 3 aliphatic heterocycles. The molecule has 252 valence electrons. The van der Waals surface area contributed by atoms with Gasteiger partial charge in [-0.1, -0.05) is 0 Å². The molecule has 4 atom stereocenters. The number of carbonyl (C=O) groups excluding carboxylic acids is 2. The van der Waals surface area contributed by atoms with Crippen LogP contribution in [0.4, 0.5) is 38.0 Å². The molecule has 0 unspecified atom stereocenters. The van der Waals surface area contributed by atoms with Crippen molar-refractivity contribution in [1.29, 1.82) is 0 Å². The third-order valence-corrected chi connectivity index (χ3v) is 7.80. The second-order valence-electron chi connectivity index (χ2n) is 11.5. The fourth-order valence-corrected chi connectivity index (χ4v) is 5.73. The van der Waals surface area contributed by atoms with E-state index in [4.69, 9.17) is 17.2 Å². The number of β-amino-alcohol motifs (C(OH)–C–C–N with tert-alkyl or cyclic N) is 1. The summed E-state index contributed by atoms with van der Waals surface area (Å²) in [5.41, 5.74) is 19.4. The molecule has 3 aliphatic rings. The molecule has 6 rings (SSSR count). The van der Waals surface area contributed by atoms with Crippen molar-refractivity contribution in [2.75, 3.05) is 46.6 Å². The average molecular weight is 677 g/mol. The minimum Gasteiger partial charge on any atom is -0.395 e. The topological polar surface area (TPSA) is 220 Å². The number of nitrogens with two attached hydrogens (primary N) is 3. The lowest BCUT2D eigenvalue weighted by atomic mass is 10.0. The Morgan fingerprint density at radius 2 is 1.60 bits per heavy atom. The fraction of sp³-hybridized carbons (Fsp3) is 0.414. The maximum absolute atomic E-state index is 13.3. The number of aliphatic hydroxyl groups excluding tert-OH is 1. The molecule has 15 nitrogen and oxygen atoms in total. The van der Waals surface area contributed by atoms with Crippen molar-refractivity contribution >= 4 is 53.3 Å². The summed E-state index contributed by atoms with van der Waals surface area (Å²) in [6.45, 7) is 1.64. The van der Waals surface area contributed by atoms with Crippen molar-refractivity contribution in [3.05, 3.63) is 48.0 Å². The zero-order chi connectivity index (χ0) is 32.6. The van der Waals surface area contributed by atoms with Gasteiger partial charge in [0.1, 0.15) is 0 Å². The zero-order valence-corrected chi connectivity index (χ0v) is 25.8. The molecule has 3 aromatic rings. The summed E-state index contributed by atoms with van der Waals surface area (Å²) in [5, 5.41) is 15.9. The number of carbonyl (C=O) groups is 2. The molecule has 2 aromatic carbocycles. The lowest BCUT2D eigenvalue weighted by molar-refractivity contribution is -0.286. The van der Waals surface area contributed by atoms with Gasteiger partial charge in [-0.15, -0.1) is 21.2 Å². The van der Waals surface area contributed by atoms with E-state index in [0.717, 1.165) is 0 Å². The number of benzene rings is 2. The Kier molecular flexibility index (Phi) is 9.92. The van der Waals surface area contributed by atoms with Crippen molar-refractivity contribution < 1.29 is 33.0 Å². The predicted molar refractivity (Wildman–Crippen MR) is 171 cm³/mol.